The molecular formula is C17H20OSi. The van der Waals surface area contributed by atoms with Crippen LogP contribution in [0.25, 0.3) is 0 Å². The lowest BCUT2D eigenvalue weighted by Gasteiger charge is -2.34. The van der Waals surface area contributed by atoms with E-state index in [1.165, 1.54) is 11.1 Å². The summed E-state index contributed by atoms with van der Waals surface area (Å²) in [5.74, 6) is 0. The van der Waals surface area contributed by atoms with E-state index in [4.69, 9.17) is 4.43 Å². The van der Waals surface area contributed by atoms with Crippen molar-refractivity contribution in [2.24, 2.45) is 0 Å². The van der Waals surface area contributed by atoms with Gasteiger partial charge in [-0.2, -0.15) is 0 Å². The molecule has 0 unspecified atom stereocenters. The molecule has 2 aromatic rings. The van der Waals surface area contributed by atoms with E-state index in [1.54, 1.807) is 0 Å². The van der Waals surface area contributed by atoms with Crippen LogP contribution in [0.3, 0.4) is 0 Å². The minimum absolute atomic E-state index is 0.330. The minimum Gasteiger partial charge on any atom is -0.414 e. The van der Waals surface area contributed by atoms with Crippen molar-refractivity contribution in [3.8, 4) is 0 Å². The molecule has 0 aliphatic heterocycles. The van der Waals surface area contributed by atoms with Crippen LogP contribution in [-0.4, -0.2) is 10.5 Å². The van der Waals surface area contributed by atoms with Crippen LogP contribution in [0.2, 0.25) is 0 Å². The van der Waals surface area contributed by atoms with E-state index in [9.17, 15) is 0 Å². The monoisotopic (exact) mass is 268 g/mol. The second kappa shape index (κ2) is 6.50. The van der Waals surface area contributed by atoms with Crippen LogP contribution in [0.4, 0.5) is 0 Å². The highest BCUT2D eigenvalue weighted by molar-refractivity contribution is 5.98. The van der Waals surface area contributed by atoms with E-state index in [0.29, 0.717) is 10.5 Å². The fourth-order valence-electron chi connectivity index (χ4n) is 2.51. The molecule has 0 atom stereocenters. The molecule has 0 heterocycles. The van der Waals surface area contributed by atoms with Crippen molar-refractivity contribution in [3.05, 3.63) is 84.4 Å². The maximum absolute atomic E-state index is 6.10. The summed E-state index contributed by atoms with van der Waals surface area (Å²) in [4.78, 5) is 0. The fraction of sp³-hybridized carbons (Fsp3) is 0.176. The maximum Gasteiger partial charge on any atom is 0.147 e. The second-order valence-electron chi connectivity index (χ2n) is 4.59. The normalized spacial score (nSPS) is 11.4. The van der Waals surface area contributed by atoms with Crippen LogP contribution >= 0.6 is 0 Å². The summed E-state index contributed by atoms with van der Waals surface area (Å²) in [7, 11) is 0.698. The van der Waals surface area contributed by atoms with E-state index >= 15 is 0 Å². The Balaban J connectivity index is 2.51. The molecule has 2 heteroatoms. The Bertz CT molecular complexity index is 468. The van der Waals surface area contributed by atoms with Gasteiger partial charge < -0.3 is 4.43 Å². The van der Waals surface area contributed by atoms with E-state index in [1.807, 2.05) is 18.2 Å². The summed E-state index contributed by atoms with van der Waals surface area (Å²) in [5, 5.41) is 0. The van der Waals surface area contributed by atoms with Gasteiger partial charge in [-0.1, -0.05) is 66.7 Å². The molecular weight excluding hydrogens is 248 g/mol. The summed E-state index contributed by atoms with van der Waals surface area (Å²) in [6, 6.07) is 21.0. The summed E-state index contributed by atoms with van der Waals surface area (Å²) in [6.07, 6.45) is 3.82. The van der Waals surface area contributed by atoms with Crippen molar-refractivity contribution in [2.75, 3.05) is 0 Å². The van der Waals surface area contributed by atoms with Gasteiger partial charge in [0.05, 0.1) is 0 Å². The molecule has 2 aromatic carbocycles. The molecule has 0 aliphatic carbocycles. The quantitative estimate of drug-likeness (QED) is 0.577. The Labute approximate surface area is 118 Å². The van der Waals surface area contributed by atoms with Crippen molar-refractivity contribution in [1.29, 1.82) is 0 Å². The molecule has 0 N–H and O–H groups in total. The predicted octanol–water partition coefficient (Wildman–Crippen LogP) is 3.19. The van der Waals surface area contributed by atoms with Gasteiger partial charge in [0, 0.05) is 0 Å². The number of allylic oxidation sites excluding steroid dienone is 1. The van der Waals surface area contributed by atoms with Crippen LogP contribution in [0.5, 0.6) is 0 Å². The third kappa shape index (κ3) is 2.86. The van der Waals surface area contributed by atoms with Crippen LogP contribution < -0.4 is 0 Å². The van der Waals surface area contributed by atoms with Crippen molar-refractivity contribution in [2.45, 2.75) is 18.4 Å². The smallest absolute Gasteiger partial charge is 0.147 e. The molecule has 0 radical (unpaired) electrons. The van der Waals surface area contributed by atoms with Gasteiger partial charge in [0.1, 0.15) is 16.1 Å². The molecule has 0 saturated heterocycles. The van der Waals surface area contributed by atoms with Crippen LogP contribution in [0.1, 0.15) is 24.0 Å². The highest BCUT2D eigenvalue weighted by Gasteiger charge is 2.32. The van der Waals surface area contributed by atoms with Gasteiger partial charge in [0.15, 0.2) is 0 Å². The van der Waals surface area contributed by atoms with Crippen LogP contribution in [0, 0.1) is 0 Å². The summed E-state index contributed by atoms with van der Waals surface area (Å²) < 4.78 is 6.10. The summed E-state index contributed by atoms with van der Waals surface area (Å²) in [6.45, 7) is 3.84. The minimum atomic E-state index is -0.330. The van der Waals surface area contributed by atoms with E-state index < -0.39 is 0 Å². The molecule has 0 aliphatic rings. The molecule has 0 bridgehead atoms. The molecule has 2 rings (SSSR count). The molecule has 0 spiro atoms. The average Bonchev–Trinajstić information content (AvgIpc) is 2.51. The molecule has 19 heavy (non-hydrogen) atoms. The Morgan fingerprint density at radius 1 is 0.947 bits per heavy atom. The maximum atomic E-state index is 6.10. The zero-order chi connectivity index (χ0) is 13.6. The number of benzene rings is 2. The third-order valence-corrected chi connectivity index (χ3v) is 4.23. The Morgan fingerprint density at radius 2 is 1.42 bits per heavy atom. The van der Waals surface area contributed by atoms with Gasteiger partial charge in [0.25, 0.3) is 0 Å². The first kappa shape index (κ1) is 13.8. The molecule has 98 valence electrons. The van der Waals surface area contributed by atoms with Crippen LogP contribution in [0.15, 0.2) is 73.3 Å². The number of hydrogen-bond donors (Lipinski definition) is 0. The zero-order valence-electron chi connectivity index (χ0n) is 11.4. The van der Waals surface area contributed by atoms with Gasteiger partial charge in [-0.3, -0.25) is 0 Å². The number of rotatable bonds is 6. The van der Waals surface area contributed by atoms with Crippen molar-refractivity contribution in [3.63, 3.8) is 0 Å². The first-order valence-electron chi connectivity index (χ1n) is 6.60. The third-order valence-electron chi connectivity index (χ3n) is 3.53. The van der Waals surface area contributed by atoms with E-state index in [-0.39, 0.29) is 5.60 Å². The molecule has 0 aromatic heterocycles. The van der Waals surface area contributed by atoms with Crippen LogP contribution in [-0.2, 0) is 10.0 Å². The largest absolute Gasteiger partial charge is 0.414 e. The molecule has 1 nitrogen and oxygen atoms in total. The fourth-order valence-corrected chi connectivity index (χ4v) is 3.19. The molecule has 0 saturated carbocycles. The predicted molar refractivity (Wildman–Crippen MR) is 84.1 cm³/mol. The SMILES string of the molecule is C=CCCC(O[SiH3])(c1ccccc1)c1ccccc1. The Hall–Kier alpha value is -1.64. The van der Waals surface area contributed by atoms with Crippen molar-refractivity contribution >= 4 is 10.5 Å². The van der Waals surface area contributed by atoms with Crippen molar-refractivity contribution < 1.29 is 4.43 Å². The van der Waals surface area contributed by atoms with Gasteiger partial charge in [-0.15, -0.1) is 6.58 Å². The lowest BCUT2D eigenvalue weighted by molar-refractivity contribution is 0.115. The Morgan fingerprint density at radius 3 is 1.79 bits per heavy atom. The van der Waals surface area contributed by atoms with Gasteiger partial charge in [-0.25, -0.2) is 0 Å². The first-order valence-corrected chi connectivity index (χ1v) is 7.42. The average molecular weight is 268 g/mol. The summed E-state index contributed by atoms with van der Waals surface area (Å²) >= 11 is 0. The van der Waals surface area contributed by atoms with E-state index in [2.05, 4.69) is 55.1 Å². The molecule has 0 fully saturated rings. The van der Waals surface area contributed by atoms with Gasteiger partial charge in [-0.05, 0) is 24.0 Å². The Kier molecular flexibility index (Phi) is 4.72. The standard InChI is InChI=1S/C17H20OSi/c1-2-3-14-17(18-19,15-10-6-4-7-11-15)16-12-8-5-9-13-16/h2,4-13H,1,3,14H2,19H3. The highest BCUT2D eigenvalue weighted by atomic mass is 28.2. The number of hydrogen-bond acceptors (Lipinski definition) is 1. The topological polar surface area (TPSA) is 9.23 Å². The molecule has 0 amide bonds. The lowest BCUT2D eigenvalue weighted by Crippen LogP contribution is -2.30. The second-order valence-corrected chi connectivity index (χ2v) is 5.00. The summed E-state index contributed by atoms with van der Waals surface area (Å²) in [5.41, 5.74) is 2.11. The van der Waals surface area contributed by atoms with E-state index in [0.717, 1.165) is 12.8 Å². The van der Waals surface area contributed by atoms with Crippen molar-refractivity contribution in [1.82, 2.24) is 0 Å². The highest BCUT2D eigenvalue weighted by Crippen LogP contribution is 2.37. The zero-order valence-corrected chi connectivity index (χ0v) is 13.4. The first-order chi connectivity index (χ1) is 9.33. The lowest BCUT2D eigenvalue weighted by atomic mass is 9.82. The van der Waals surface area contributed by atoms with Gasteiger partial charge >= 0.3 is 0 Å². The van der Waals surface area contributed by atoms with Gasteiger partial charge in [0.2, 0.25) is 0 Å².